The van der Waals surface area contributed by atoms with Gasteiger partial charge in [0.1, 0.15) is 11.0 Å². The van der Waals surface area contributed by atoms with E-state index < -0.39 is 24.9 Å². The van der Waals surface area contributed by atoms with Crippen LogP contribution in [-0.2, 0) is 0 Å². The molecule has 2 aromatic rings. The topological polar surface area (TPSA) is 33.4 Å². The Morgan fingerprint density at radius 2 is 2.00 bits per heavy atom. The summed E-state index contributed by atoms with van der Waals surface area (Å²) in [4.78, 5) is 5.17. The van der Waals surface area contributed by atoms with Gasteiger partial charge in [-0.3, -0.25) is 0 Å². The molecule has 0 aromatic carbocycles. The average Bonchev–Trinajstić information content (AvgIpc) is 2.69. The summed E-state index contributed by atoms with van der Waals surface area (Å²) in [6, 6.07) is 2.92. The highest BCUT2D eigenvalue weighted by Crippen LogP contribution is 2.42. The van der Waals surface area contributed by atoms with Gasteiger partial charge in [-0.05, 0) is 0 Å². The van der Waals surface area contributed by atoms with Crippen LogP contribution in [-0.4, -0.2) is 39.5 Å². The van der Waals surface area contributed by atoms with E-state index in [-0.39, 0.29) is 11.0 Å². The minimum absolute atomic E-state index is 0.117. The lowest BCUT2D eigenvalue weighted by molar-refractivity contribution is -0.237. The zero-order chi connectivity index (χ0) is 13.8. The van der Waals surface area contributed by atoms with Crippen LogP contribution in [0.1, 0.15) is 0 Å². The fourth-order valence-corrected chi connectivity index (χ4v) is 2.18. The molecule has 1 fully saturated rings. The Kier molecular flexibility index (Phi) is 2.44. The zero-order valence-corrected chi connectivity index (χ0v) is 10.1. The number of aromatic nitrogens is 3. The SMILES string of the molecule is FC(F)(F)C1(F)CN(c2cc(Cl)nc3ccnn23)C1. The summed E-state index contributed by atoms with van der Waals surface area (Å²) in [7, 11) is 0. The van der Waals surface area contributed by atoms with Crippen LogP contribution in [0.4, 0.5) is 23.4 Å². The van der Waals surface area contributed by atoms with Crippen molar-refractivity contribution in [2.75, 3.05) is 18.0 Å². The van der Waals surface area contributed by atoms with Crippen LogP contribution < -0.4 is 4.90 Å². The Hall–Kier alpha value is -1.57. The summed E-state index contributed by atoms with van der Waals surface area (Å²) in [6.45, 7) is -1.54. The monoisotopic (exact) mass is 294 g/mol. The third-order valence-electron chi connectivity index (χ3n) is 3.02. The lowest BCUT2D eigenvalue weighted by Gasteiger charge is -2.45. The first-order valence-corrected chi connectivity index (χ1v) is 5.69. The number of nitrogens with zero attached hydrogens (tertiary/aromatic N) is 4. The van der Waals surface area contributed by atoms with Crippen LogP contribution in [0.2, 0.25) is 5.15 Å². The number of hydrogen-bond acceptors (Lipinski definition) is 3. The highest BCUT2D eigenvalue weighted by Gasteiger charge is 2.63. The molecule has 3 rings (SSSR count). The fourth-order valence-electron chi connectivity index (χ4n) is 1.99. The van der Waals surface area contributed by atoms with Crippen molar-refractivity contribution in [3.63, 3.8) is 0 Å². The van der Waals surface area contributed by atoms with E-state index in [1.54, 1.807) is 6.07 Å². The van der Waals surface area contributed by atoms with E-state index in [2.05, 4.69) is 10.1 Å². The van der Waals surface area contributed by atoms with Crippen LogP contribution in [0.15, 0.2) is 18.3 Å². The van der Waals surface area contributed by atoms with Gasteiger partial charge in [-0.15, -0.1) is 0 Å². The van der Waals surface area contributed by atoms with Crippen LogP contribution in [0.5, 0.6) is 0 Å². The van der Waals surface area contributed by atoms with Gasteiger partial charge in [0.25, 0.3) is 0 Å². The zero-order valence-electron chi connectivity index (χ0n) is 9.32. The van der Waals surface area contributed by atoms with Crippen LogP contribution in [0.25, 0.3) is 5.65 Å². The Morgan fingerprint density at radius 1 is 1.32 bits per heavy atom. The van der Waals surface area contributed by atoms with Crippen molar-refractivity contribution in [3.8, 4) is 0 Å². The number of alkyl halides is 4. The Labute approximate surface area is 109 Å². The van der Waals surface area contributed by atoms with E-state index in [1.165, 1.54) is 21.7 Å². The first-order valence-electron chi connectivity index (χ1n) is 5.31. The molecule has 0 amide bonds. The third kappa shape index (κ3) is 1.81. The van der Waals surface area contributed by atoms with Gasteiger partial charge in [0, 0.05) is 12.1 Å². The van der Waals surface area contributed by atoms with Gasteiger partial charge in [0.05, 0.1) is 19.3 Å². The molecule has 0 saturated carbocycles. The van der Waals surface area contributed by atoms with E-state index >= 15 is 0 Å². The first kappa shape index (κ1) is 12.5. The van der Waals surface area contributed by atoms with E-state index in [1.807, 2.05) is 0 Å². The van der Waals surface area contributed by atoms with Crippen molar-refractivity contribution in [2.24, 2.45) is 0 Å². The maximum atomic E-state index is 13.5. The Morgan fingerprint density at radius 3 is 2.63 bits per heavy atom. The van der Waals surface area contributed by atoms with Gasteiger partial charge in [-0.1, -0.05) is 11.6 Å². The van der Waals surface area contributed by atoms with E-state index in [4.69, 9.17) is 11.6 Å². The van der Waals surface area contributed by atoms with Gasteiger partial charge in [-0.25, -0.2) is 9.37 Å². The normalized spacial score (nSPS) is 18.7. The second-order valence-corrected chi connectivity index (χ2v) is 4.74. The summed E-state index contributed by atoms with van der Waals surface area (Å²) >= 11 is 5.77. The molecule has 1 aliphatic heterocycles. The van der Waals surface area contributed by atoms with Crippen molar-refractivity contribution in [3.05, 3.63) is 23.5 Å². The number of anilines is 1. The lowest BCUT2D eigenvalue weighted by atomic mass is 9.96. The molecule has 3 heterocycles. The average molecular weight is 295 g/mol. The minimum Gasteiger partial charge on any atom is -0.349 e. The van der Waals surface area contributed by atoms with Crippen LogP contribution >= 0.6 is 11.6 Å². The molecule has 0 bridgehead atoms. The lowest BCUT2D eigenvalue weighted by Crippen LogP contribution is -2.67. The summed E-state index contributed by atoms with van der Waals surface area (Å²) < 4.78 is 52.2. The summed E-state index contributed by atoms with van der Waals surface area (Å²) in [5.41, 5.74) is -2.78. The molecule has 102 valence electrons. The summed E-state index contributed by atoms with van der Waals surface area (Å²) in [5, 5.41) is 4.04. The van der Waals surface area contributed by atoms with Crippen molar-refractivity contribution in [1.29, 1.82) is 0 Å². The Bertz CT molecular complexity index is 632. The number of halogens is 5. The summed E-state index contributed by atoms with van der Waals surface area (Å²) in [6.07, 6.45) is -3.43. The first-order chi connectivity index (χ1) is 8.80. The molecule has 0 radical (unpaired) electrons. The van der Waals surface area contributed by atoms with Crippen LogP contribution in [0, 0.1) is 0 Å². The second-order valence-electron chi connectivity index (χ2n) is 4.36. The largest absolute Gasteiger partial charge is 0.426 e. The predicted molar refractivity (Wildman–Crippen MR) is 60.1 cm³/mol. The predicted octanol–water partition coefficient (Wildman–Crippen LogP) is 2.47. The van der Waals surface area contributed by atoms with Crippen molar-refractivity contribution in [2.45, 2.75) is 11.8 Å². The second kappa shape index (κ2) is 3.72. The van der Waals surface area contributed by atoms with Crippen molar-refractivity contribution < 1.29 is 17.6 Å². The highest BCUT2D eigenvalue weighted by molar-refractivity contribution is 6.29. The summed E-state index contributed by atoms with van der Waals surface area (Å²) in [5.74, 6) is 0.289. The standard InChI is InChI=1S/C10H7ClF4N4/c11-6-3-8(19-7(17-6)1-2-16-19)18-4-9(12,5-18)10(13,14)15/h1-3H,4-5H2. The van der Waals surface area contributed by atoms with Gasteiger partial charge in [0.15, 0.2) is 5.65 Å². The smallest absolute Gasteiger partial charge is 0.349 e. The Balaban J connectivity index is 1.94. The van der Waals surface area contributed by atoms with E-state index in [0.29, 0.717) is 5.65 Å². The molecule has 0 N–H and O–H groups in total. The fraction of sp³-hybridized carbons (Fsp3) is 0.400. The molecule has 4 nitrogen and oxygen atoms in total. The molecule has 0 spiro atoms. The van der Waals surface area contributed by atoms with Gasteiger partial charge < -0.3 is 4.90 Å². The number of rotatable bonds is 1. The molecule has 0 atom stereocenters. The molecule has 1 saturated heterocycles. The highest BCUT2D eigenvalue weighted by atomic mass is 35.5. The third-order valence-corrected chi connectivity index (χ3v) is 3.22. The van der Waals surface area contributed by atoms with E-state index in [0.717, 1.165) is 0 Å². The van der Waals surface area contributed by atoms with Crippen molar-refractivity contribution >= 4 is 23.1 Å². The van der Waals surface area contributed by atoms with E-state index in [9.17, 15) is 17.6 Å². The van der Waals surface area contributed by atoms with Gasteiger partial charge in [0.2, 0.25) is 5.67 Å². The van der Waals surface area contributed by atoms with Crippen LogP contribution in [0.3, 0.4) is 0 Å². The molecule has 2 aromatic heterocycles. The maximum absolute atomic E-state index is 13.5. The number of hydrogen-bond donors (Lipinski definition) is 0. The number of fused-ring (bicyclic) bond motifs is 1. The van der Waals surface area contributed by atoms with Crippen molar-refractivity contribution in [1.82, 2.24) is 14.6 Å². The molecule has 1 aliphatic rings. The quantitative estimate of drug-likeness (QED) is 0.598. The molecular formula is C10H7ClF4N4. The van der Waals surface area contributed by atoms with Gasteiger partial charge in [-0.2, -0.15) is 22.8 Å². The molecule has 0 aliphatic carbocycles. The van der Waals surface area contributed by atoms with Gasteiger partial charge >= 0.3 is 6.18 Å². The minimum atomic E-state index is -4.87. The molecule has 0 unspecified atom stereocenters. The molecule has 19 heavy (non-hydrogen) atoms. The molecular weight excluding hydrogens is 288 g/mol. The molecule has 9 heteroatoms. The maximum Gasteiger partial charge on any atom is 0.426 e.